The highest BCUT2D eigenvalue weighted by molar-refractivity contribution is 6.05. The third-order valence-electron chi connectivity index (χ3n) is 3.84. The molecule has 0 aliphatic heterocycles. The Bertz CT molecular complexity index is 831. The minimum absolute atomic E-state index is 0.218. The quantitative estimate of drug-likeness (QED) is 0.797. The molecule has 0 aliphatic carbocycles. The van der Waals surface area contributed by atoms with Crippen molar-refractivity contribution in [2.45, 2.75) is 13.5 Å². The van der Waals surface area contributed by atoms with Crippen molar-refractivity contribution in [3.8, 4) is 5.75 Å². The number of aromatic nitrogens is 1. The van der Waals surface area contributed by atoms with Crippen LogP contribution >= 0.6 is 0 Å². The number of nitrogens with zero attached hydrogens (tertiary/aromatic N) is 1. The summed E-state index contributed by atoms with van der Waals surface area (Å²) in [4.78, 5) is 11.6. The second-order valence-corrected chi connectivity index (χ2v) is 5.30. The van der Waals surface area contributed by atoms with Gasteiger partial charge in [0.1, 0.15) is 12.4 Å². The van der Waals surface area contributed by atoms with E-state index in [2.05, 4.69) is 0 Å². The number of hydrogen-bond acceptors (Lipinski definition) is 2. The number of aryl methyl sites for hydroxylation is 2. The fourth-order valence-electron chi connectivity index (χ4n) is 2.64. The standard InChI is InChI=1S/C18H17NO3/c1-12-7-9-13(10-8-12)22-11-16-17(18(20)21)14-5-3-4-6-15(14)19(16)2/h3-10H,11H2,1-2H3,(H,20,21). The molecular weight excluding hydrogens is 278 g/mol. The van der Waals surface area contributed by atoms with E-state index in [0.717, 1.165) is 22.2 Å². The molecule has 4 nitrogen and oxygen atoms in total. The van der Waals surface area contributed by atoms with Gasteiger partial charge in [-0.25, -0.2) is 4.79 Å². The molecule has 0 radical (unpaired) electrons. The molecule has 3 aromatic rings. The van der Waals surface area contributed by atoms with Crippen LogP contribution in [0, 0.1) is 6.92 Å². The number of fused-ring (bicyclic) bond motifs is 1. The van der Waals surface area contributed by atoms with Gasteiger partial charge in [-0.2, -0.15) is 0 Å². The Labute approximate surface area is 128 Å². The van der Waals surface area contributed by atoms with Crippen molar-refractivity contribution < 1.29 is 14.6 Å². The molecule has 22 heavy (non-hydrogen) atoms. The molecule has 0 aliphatic rings. The highest BCUT2D eigenvalue weighted by atomic mass is 16.5. The van der Waals surface area contributed by atoms with Crippen LogP contribution in [0.4, 0.5) is 0 Å². The number of carbonyl (C=O) groups is 1. The minimum atomic E-state index is -0.931. The van der Waals surface area contributed by atoms with E-state index in [0.29, 0.717) is 11.3 Å². The second kappa shape index (κ2) is 5.56. The molecule has 2 aromatic carbocycles. The molecule has 1 N–H and O–H groups in total. The summed E-state index contributed by atoms with van der Waals surface area (Å²) in [6.07, 6.45) is 0. The summed E-state index contributed by atoms with van der Waals surface area (Å²) in [6.45, 7) is 2.23. The molecule has 1 aromatic heterocycles. The van der Waals surface area contributed by atoms with Crippen molar-refractivity contribution in [2.75, 3.05) is 0 Å². The fraction of sp³-hybridized carbons (Fsp3) is 0.167. The van der Waals surface area contributed by atoms with Gasteiger partial charge in [0.15, 0.2) is 0 Å². The third kappa shape index (κ3) is 2.44. The van der Waals surface area contributed by atoms with Crippen LogP contribution in [0.3, 0.4) is 0 Å². The van der Waals surface area contributed by atoms with Crippen LogP contribution in [0.5, 0.6) is 5.75 Å². The van der Waals surface area contributed by atoms with E-state index < -0.39 is 5.97 Å². The van der Waals surface area contributed by atoms with Crippen molar-refractivity contribution in [3.63, 3.8) is 0 Å². The van der Waals surface area contributed by atoms with E-state index in [1.54, 1.807) is 0 Å². The first-order valence-corrected chi connectivity index (χ1v) is 7.07. The molecule has 0 saturated heterocycles. The summed E-state index contributed by atoms with van der Waals surface area (Å²) in [5.74, 6) is -0.202. The van der Waals surface area contributed by atoms with Gasteiger partial charge in [0.2, 0.25) is 0 Å². The Kier molecular flexibility index (Phi) is 3.59. The van der Waals surface area contributed by atoms with Gasteiger partial charge in [-0.1, -0.05) is 35.9 Å². The van der Waals surface area contributed by atoms with Crippen molar-refractivity contribution in [2.24, 2.45) is 7.05 Å². The summed E-state index contributed by atoms with van der Waals surface area (Å²) in [6, 6.07) is 15.2. The van der Waals surface area contributed by atoms with Gasteiger partial charge >= 0.3 is 5.97 Å². The second-order valence-electron chi connectivity index (χ2n) is 5.30. The van der Waals surface area contributed by atoms with Crippen molar-refractivity contribution in [3.05, 3.63) is 65.4 Å². The largest absolute Gasteiger partial charge is 0.487 e. The first-order chi connectivity index (χ1) is 10.6. The summed E-state index contributed by atoms with van der Waals surface area (Å²) in [5.41, 5.74) is 3.02. The predicted octanol–water partition coefficient (Wildman–Crippen LogP) is 3.76. The SMILES string of the molecule is Cc1ccc(OCc2c(C(=O)O)c3ccccc3n2C)cc1. The maximum Gasteiger partial charge on any atom is 0.338 e. The smallest absolute Gasteiger partial charge is 0.338 e. The molecular formula is C18H17NO3. The van der Waals surface area contributed by atoms with E-state index in [4.69, 9.17) is 4.74 Å². The molecule has 112 valence electrons. The number of hydrogen-bond donors (Lipinski definition) is 1. The Hall–Kier alpha value is -2.75. The van der Waals surface area contributed by atoms with E-state index in [-0.39, 0.29) is 6.61 Å². The van der Waals surface area contributed by atoms with E-state index in [1.807, 2.05) is 67.1 Å². The van der Waals surface area contributed by atoms with E-state index >= 15 is 0 Å². The Morgan fingerprint density at radius 3 is 2.50 bits per heavy atom. The van der Waals surface area contributed by atoms with Crippen LogP contribution in [0.2, 0.25) is 0 Å². The topological polar surface area (TPSA) is 51.5 Å². The summed E-state index contributed by atoms with van der Waals surface area (Å²) >= 11 is 0. The van der Waals surface area contributed by atoms with Crippen molar-refractivity contribution in [1.29, 1.82) is 0 Å². The van der Waals surface area contributed by atoms with Gasteiger partial charge in [-0.3, -0.25) is 0 Å². The van der Waals surface area contributed by atoms with Crippen LogP contribution < -0.4 is 4.74 Å². The van der Waals surface area contributed by atoms with Gasteiger partial charge < -0.3 is 14.4 Å². The molecule has 0 atom stereocenters. The van der Waals surface area contributed by atoms with Gasteiger partial charge in [0.05, 0.1) is 11.3 Å². The van der Waals surface area contributed by atoms with Gasteiger partial charge in [-0.15, -0.1) is 0 Å². The van der Waals surface area contributed by atoms with E-state index in [9.17, 15) is 9.90 Å². The number of para-hydroxylation sites is 1. The lowest BCUT2D eigenvalue weighted by Crippen LogP contribution is -2.08. The molecule has 0 bridgehead atoms. The highest BCUT2D eigenvalue weighted by Crippen LogP contribution is 2.26. The monoisotopic (exact) mass is 295 g/mol. The molecule has 3 rings (SSSR count). The Morgan fingerprint density at radius 2 is 1.82 bits per heavy atom. The molecule has 4 heteroatoms. The molecule has 0 fully saturated rings. The van der Waals surface area contributed by atoms with Crippen molar-refractivity contribution >= 4 is 16.9 Å². The van der Waals surface area contributed by atoms with Gasteiger partial charge in [0, 0.05) is 18.0 Å². The fourth-order valence-corrected chi connectivity index (χ4v) is 2.64. The number of rotatable bonds is 4. The normalized spacial score (nSPS) is 10.8. The molecule has 0 amide bonds. The highest BCUT2D eigenvalue weighted by Gasteiger charge is 2.20. The van der Waals surface area contributed by atoms with Gasteiger partial charge in [-0.05, 0) is 25.1 Å². The van der Waals surface area contributed by atoms with Crippen LogP contribution in [0.15, 0.2) is 48.5 Å². The summed E-state index contributed by atoms with van der Waals surface area (Å²) in [5, 5.41) is 10.3. The lowest BCUT2D eigenvalue weighted by Gasteiger charge is -2.09. The predicted molar refractivity (Wildman–Crippen MR) is 85.4 cm³/mol. The Balaban J connectivity index is 1.99. The average Bonchev–Trinajstić information content (AvgIpc) is 2.80. The number of benzene rings is 2. The zero-order chi connectivity index (χ0) is 15.7. The van der Waals surface area contributed by atoms with Crippen LogP contribution in [0.25, 0.3) is 10.9 Å². The van der Waals surface area contributed by atoms with E-state index in [1.165, 1.54) is 0 Å². The first kappa shape index (κ1) is 14.2. The number of ether oxygens (including phenoxy) is 1. The first-order valence-electron chi connectivity index (χ1n) is 7.07. The van der Waals surface area contributed by atoms with Crippen LogP contribution in [-0.2, 0) is 13.7 Å². The maximum atomic E-state index is 11.6. The molecule has 0 spiro atoms. The van der Waals surface area contributed by atoms with Crippen LogP contribution in [0.1, 0.15) is 21.6 Å². The van der Waals surface area contributed by atoms with Gasteiger partial charge in [0.25, 0.3) is 0 Å². The zero-order valence-corrected chi connectivity index (χ0v) is 12.5. The number of aromatic carboxylic acids is 1. The number of carboxylic acids is 1. The average molecular weight is 295 g/mol. The maximum absolute atomic E-state index is 11.6. The lowest BCUT2D eigenvalue weighted by molar-refractivity contribution is 0.0695. The summed E-state index contributed by atoms with van der Waals surface area (Å²) < 4.78 is 7.65. The summed E-state index contributed by atoms with van der Waals surface area (Å²) in [7, 11) is 1.86. The lowest BCUT2D eigenvalue weighted by atomic mass is 10.1. The molecule has 1 heterocycles. The zero-order valence-electron chi connectivity index (χ0n) is 12.5. The number of carboxylic acid groups (broad SMARTS) is 1. The third-order valence-corrected chi connectivity index (χ3v) is 3.84. The molecule has 0 unspecified atom stereocenters. The minimum Gasteiger partial charge on any atom is -0.487 e. The van der Waals surface area contributed by atoms with Crippen LogP contribution in [-0.4, -0.2) is 15.6 Å². The van der Waals surface area contributed by atoms with Crippen molar-refractivity contribution in [1.82, 2.24) is 4.57 Å². The molecule has 0 saturated carbocycles. The Morgan fingerprint density at radius 1 is 1.14 bits per heavy atom.